The van der Waals surface area contributed by atoms with Crippen molar-refractivity contribution in [1.82, 2.24) is 14.8 Å². The van der Waals surface area contributed by atoms with Crippen LogP contribution in [-0.2, 0) is 24.2 Å². The molecule has 2 aromatic carbocycles. The number of carbonyl (C=O) groups excluding carboxylic acids is 1. The third-order valence-corrected chi connectivity index (χ3v) is 4.86. The van der Waals surface area contributed by atoms with Crippen LogP contribution >= 0.6 is 0 Å². The summed E-state index contributed by atoms with van der Waals surface area (Å²) >= 11 is 0. The predicted octanol–water partition coefficient (Wildman–Crippen LogP) is 4.13. The van der Waals surface area contributed by atoms with Crippen LogP contribution in [0.2, 0.25) is 0 Å². The van der Waals surface area contributed by atoms with E-state index in [4.69, 9.17) is 0 Å². The SMILES string of the molecule is O=C(Cc1cccc(F)c1)Nc1cc(-c2nnc3n2CCCCC3)ccc1F. The molecule has 28 heavy (non-hydrogen) atoms. The molecule has 0 saturated carbocycles. The summed E-state index contributed by atoms with van der Waals surface area (Å²) in [4.78, 5) is 12.3. The maximum atomic E-state index is 14.3. The van der Waals surface area contributed by atoms with Gasteiger partial charge in [-0.3, -0.25) is 4.79 Å². The summed E-state index contributed by atoms with van der Waals surface area (Å²) in [5.41, 5.74) is 1.30. The third-order valence-electron chi connectivity index (χ3n) is 4.86. The van der Waals surface area contributed by atoms with E-state index in [-0.39, 0.29) is 12.1 Å². The van der Waals surface area contributed by atoms with Crippen molar-refractivity contribution in [2.45, 2.75) is 38.6 Å². The first kappa shape index (κ1) is 18.3. The molecule has 1 aromatic heterocycles. The van der Waals surface area contributed by atoms with E-state index in [0.717, 1.165) is 38.1 Å². The molecule has 0 fully saturated rings. The Morgan fingerprint density at radius 3 is 2.82 bits per heavy atom. The number of nitrogens with zero attached hydrogens (tertiary/aromatic N) is 3. The number of rotatable bonds is 4. The van der Waals surface area contributed by atoms with Gasteiger partial charge >= 0.3 is 0 Å². The van der Waals surface area contributed by atoms with Crippen LogP contribution in [0.4, 0.5) is 14.5 Å². The number of nitrogens with one attached hydrogen (secondary N) is 1. The second-order valence-corrected chi connectivity index (χ2v) is 6.95. The zero-order valence-electron chi connectivity index (χ0n) is 15.3. The summed E-state index contributed by atoms with van der Waals surface area (Å²) in [7, 11) is 0. The molecule has 0 unspecified atom stereocenters. The molecule has 0 saturated heterocycles. The number of carbonyl (C=O) groups is 1. The number of hydrogen-bond acceptors (Lipinski definition) is 3. The maximum Gasteiger partial charge on any atom is 0.228 e. The second-order valence-electron chi connectivity index (χ2n) is 6.95. The number of halogens is 2. The van der Waals surface area contributed by atoms with Crippen LogP contribution in [0.1, 0.15) is 30.7 Å². The largest absolute Gasteiger partial charge is 0.323 e. The summed E-state index contributed by atoms with van der Waals surface area (Å²) in [6, 6.07) is 10.3. The van der Waals surface area contributed by atoms with Crippen LogP contribution in [-0.4, -0.2) is 20.7 Å². The molecule has 0 aliphatic carbocycles. The fourth-order valence-corrected chi connectivity index (χ4v) is 3.49. The lowest BCUT2D eigenvalue weighted by atomic mass is 10.1. The van der Waals surface area contributed by atoms with E-state index >= 15 is 0 Å². The first-order chi connectivity index (χ1) is 13.6. The van der Waals surface area contributed by atoms with Crippen LogP contribution in [0.5, 0.6) is 0 Å². The molecule has 2 heterocycles. The summed E-state index contributed by atoms with van der Waals surface area (Å²) in [5, 5.41) is 11.1. The summed E-state index contributed by atoms with van der Waals surface area (Å²) in [5.74, 6) is 0.255. The van der Waals surface area contributed by atoms with Crippen LogP contribution < -0.4 is 5.32 Å². The van der Waals surface area contributed by atoms with E-state index in [1.165, 1.54) is 24.3 Å². The van der Waals surface area contributed by atoms with Gasteiger partial charge in [0.15, 0.2) is 5.82 Å². The van der Waals surface area contributed by atoms with Gasteiger partial charge in [-0.05, 0) is 48.7 Å². The smallest absolute Gasteiger partial charge is 0.228 e. The number of anilines is 1. The lowest BCUT2D eigenvalue weighted by Crippen LogP contribution is -2.15. The Labute approximate surface area is 161 Å². The molecule has 0 bridgehead atoms. The highest BCUT2D eigenvalue weighted by Gasteiger charge is 2.17. The van der Waals surface area contributed by atoms with Gasteiger partial charge < -0.3 is 9.88 Å². The van der Waals surface area contributed by atoms with Gasteiger partial charge in [0.1, 0.15) is 17.5 Å². The van der Waals surface area contributed by atoms with Gasteiger partial charge in [-0.1, -0.05) is 18.6 Å². The van der Waals surface area contributed by atoms with Gasteiger partial charge in [0.25, 0.3) is 0 Å². The summed E-state index contributed by atoms with van der Waals surface area (Å²) < 4.78 is 29.6. The Hall–Kier alpha value is -3.09. The monoisotopic (exact) mass is 382 g/mol. The third kappa shape index (κ3) is 3.93. The molecular formula is C21H20F2N4O. The normalized spacial score (nSPS) is 13.6. The standard InChI is InChI=1S/C21H20F2N4O/c22-16-6-4-5-14(11-16)12-20(28)24-18-13-15(8-9-17(18)23)21-26-25-19-7-2-1-3-10-27(19)21/h4-6,8-9,11,13H,1-3,7,10,12H2,(H,24,28). The van der Waals surface area contributed by atoms with Crippen LogP contribution in [0.15, 0.2) is 42.5 Å². The van der Waals surface area contributed by atoms with Gasteiger partial charge in [0.2, 0.25) is 5.91 Å². The molecule has 0 radical (unpaired) electrons. The Morgan fingerprint density at radius 2 is 1.96 bits per heavy atom. The molecule has 7 heteroatoms. The van der Waals surface area contributed by atoms with Crippen molar-refractivity contribution in [3.05, 3.63) is 65.5 Å². The van der Waals surface area contributed by atoms with Gasteiger partial charge in [-0.2, -0.15) is 0 Å². The zero-order valence-corrected chi connectivity index (χ0v) is 15.3. The van der Waals surface area contributed by atoms with Crippen LogP contribution in [0.3, 0.4) is 0 Å². The van der Waals surface area contributed by atoms with Crippen LogP contribution in [0, 0.1) is 11.6 Å². The molecule has 5 nitrogen and oxygen atoms in total. The van der Waals surface area contributed by atoms with E-state index in [9.17, 15) is 13.6 Å². The molecule has 144 valence electrons. The molecule has 0 atom stereocenters. The topological polar surface area (TPSA) is 59.8 Å². The van der Waals surface area contributed by atoms with Crippen molar-refractivity contribution in [3.8, 4) is 11.4 Å². The number of amides is 1. The maximum absolute atomic E-state index is 14.3. The first-order valence-electron chi connectivity index (χ1n) is 9.36. The van der Waals surface area contributed by atoms with Crippen molar-refractivity contribution in [2.24, 2.45) is 0 Å². The van der Waals surface area contributed by atoms with Crippen molar-refractivity contribution >= 4 is 11.6 Å². The van der Waals surface area contributed by atoms with Gasteiger partial charge in [0, 0.05) is 18.5 Å². The minimum atomic E-state index is -0.535. The number of aromatic nitrogens is 3. The predicted molar refractivity (Wildman–Crippen MR) is 102 cm³/mol. The Morgan fingerprint density at radius 1 is 1.07 bits per heavy atom. The van der Waals surface area contributed by atoms with Crippen LogP contribution in [0.25, 0.3) is 11.4 Å². The quantitative estimate of drug-likeness (QED) is 0.738. The highest BCUT2D eigenvalue weighted by Crippen LogP contribution is 2.26. The molecule has 1 aliphatic rings. The minimum absolute atomic E-state index is 0.0399. The lowest BCUT2D eigenvalue weighted by molar-refractivity contribution is -0.115. The highest BCUT2D eigenvalue weighted by atomic mass is 19.1. The van der Waals surface area contributed by atoms with E-state index in [0.29, 0.717) is 17.0 Å². The van der Waals surface area contributed by atoms with E-state index < -0.39 is 17.5 Å². The number of benzene rings is 2. The van der Waals surface area contributed by atoms with Crippen molar-refractivity contribution in [3.63, 3.8) is 0 Å². The number of fused-ring (bicyclic) bond motifs is 1. The zero-order chi connectivity index (χ0) is 19.5. The summed E-state index contributed by atoms with van der Waals surface area (Å²) in [6.45, 7) is 0.830. The first-order valence-corrected chi connectivity index (χ1v) is 9.36. The van der Waals surface area contributed by atoms with Gasteiger partial charge in [-0.25, -0.2) is 8.78 Å². The Bertz CT molecular complexity index is 1020. The van der Waals surface area contributed by atoms with Crippen molar-refractivity contribution in [1.29, 1.82) is 0 Å². The molecule has 3 aromatic rings. The fourth-order valence-electron chi connectivity index (χ4n) is 3.49. The molecule has 0 spiro atoms. The average Bonchev–Trinajstić information content (AvgIpc) is 2.92. The lowest BCUT2D eigenvalue weighted by Gasteiger charge is -2.10. The van der Waals surface area contributed by atoms with Crippen molar-refractivity contribution in [2.75, 3.05) is 5.32 Å². The van der Waals surface area contributed by atoms with Gasteiger partial charge in [-0.15, -0.1) is 10.2 Å². The van der Waals surface area contributed by atoms with Crippen molar-refractivity contribution < 1.29 is 13.6 Å². The number of hydrogen-bond donors (Lipinski definition) is 1. The summed E-state index contributed by atoms with van der Waals surface area (Å²) in [6.07, 6.45) is 4.13. The molecule has 1 N–H and O–H groups in total. The Balaban J connectivity index is 1.56. The van der Waals surface area contributed by atoms with E-state index in [2.05, 4.69) is 20.1 Å². The minimum Gasteiger partial charge on any atom is -0.323 e. The van der Waals surface area contributed by atoms with E-state index in [1.54, 1.807) is 18.2 Å². The molecule has 4 rings (SSSR count). The molecule has 1 aliphatic heterocycles. The average molecular weight is 382 g/mol. The Kier molecular flexibility index (Phi) is 5.14. The van der Waals surface area contributed by atoms with Gasteiger partial charge in [0.05, 0.1) is 12.1 Å². The number of aryl methyl sites for hydroxylation is 1. The molecule has 1 amide bonds. The van der Waals surface area contributed by atoms with E-state index in [1.807, 2.05) is 0 Å². The molecular weight excluding hydrogens is 362 g/mol. The fraction of sp³-hybridized carbons (Fsp3) is 0.286. The second kappa shape index (κ2) is 7.88. The highest BCUT2D eigenvalue weighted by molar-refractivity contribution is 5.93.